The fraction of sp³-hybridized carbons (Fsp3) is 0.583. The zero-order chi connectivity index (χ0) is 16.0. The molecule has 0 spiro atoms. The lowest BCUT2D eigenvalue weighted by atomic mass is 10.2. The molecule has 0 fully saturated rings. The smallest absolute Gasteiger partial charge is 0.341 e. The predicted octanol–water partition coefficient (Wildman–Crippen LogP) is 1.43. The highest BCUT2D eigenvalue weighted by Gasteiger charge is 2.23. The molecule has 0 aliphatic heterocycles. The van der Waals surface area contributed by atoms with Crippen LogP contribution in [-0.2, 0) is 19.7 Å². The van der Waals surface area contributed by atoms with Crippen LogP contribution in [0, 0.1) is 13.8 Å². The Labute approximate surface area is 128 Å². The van der Waals surface area contributed by atoms with Gasteiger partial charge in [0.25, 0.3) is 10.2 Å². The molecule has 1 heterocycles. The van der Waals surface area contributed by atoms with Crippen molar-refractivity contribution >= 4 is 32.5 Å². The molecule has 0 bridgehead atoms. The van der Waals surface area contributed by atoms with Crippen molar-refractivity contribution in [3.8, 4) is 0 Å². The highest BCUT2D eigenvalue weighted by atomic mass is 32.2. The van der Waals surface area contributed by atoms with Crippen LogP contribution in [-0.4, -0.2) is 41.3 Å². The molecule has 0 aromatic carbocycles. The number of rotatable bonds is 8. The van der Waals surface area contributed by atoms with Gasteiger partial charge in [-0.05, 0) is 26.3 Å². The fourth-order valence-electron chi connectivity index (χ4n) is 1.58. The van der Waals surface area contributed by atoms with Crippen molar-refractivity contribution < 1.29 is 22.7 Å². The van der Waals surface area contributed by atoms with E-state index in [0.29, 0.717) is 5.56 Å². The second-order valence-electron chi connectivity index (χ2n) is 4.20. The molecule has 21 heavy (non-hydrogen) atoms. The topological polar surface area (TPSA) is 93.7 Å². The third-order valence-corrected chi connectivity index (χ3v) is 5.00. The Hall–Kier alpha value is -1.16. The van der Waals surface area contributed by atoms with E-state index in [-0.39, 0.29) is 30.3 Å². The Morgan fingerprint density at radius 3 is 2.57 bits per heavy atom. The van der Waals surface area contributed by atoms with Crippen LogP contribution in [0.4, 0.5) is 5.00 Å². The fourth-order valence-corrected chi connectivity index (χ4v) is 3.75. The van der Waals surface area contributed by atoms with Crippen molar-refractivity contribution in [3.05, 3.63) is 16.0 Å². The molecular formula is C12H20N2O5S2. The van der Waals surface area contributed by atoms with Gasteiger partial charge >= 0.3 is 5.97 Å². The minimum Gasteiger partial charge on any atom is -0.462 e. The summed E-state index contributed by atoms with van der Waals surface area (Å²) < 4.78 is 38.3. The second kappa shape index (κ2) is 7.74. The number of esters is 1. The average Bonchev–Trinajstić information content (AvgIpc) is 2.64. The van der Waals surface area contributed by atoms with Gasteiger partial charge in [0.2, 0.25) is 0 Å². The minimum absolute atomic E-state index is 0.143. The Morgan fingerprint density at radius 2 is 2.00 bits per heavy atom. The lowest BCUT2D eigenvalue weighted by Gasteiger charge is -2.09. The first-order chi connectivity index (χ1) is 9.82. The summed E-state index contributed by atoms with van der Waals surface area (Å²) in [7, 11) is -2.28. The number of thiophene rings is 1. The highest BCUT2D eigenvalue weighted by molar-refractivity contribution is 7.91. The van der Waals surface area contributed by atoms with Crippen LogP contribution in [0.25, 0.3) is 0 Å². The van der Waals surface area contributed by atoms with Crippen LogP contribution in [0.2, 0.25) is 0 Å². The van der Waals surface area contributed by atoms with Gasteiger partial charge in [0.1, 0.15) is 5.00 Å². The quantitative estimate of drug-likeness (QED) is 0.553. The molecule has 0 saturated carbocycles. The third-order valence-electron chi connectivity index (χ3n) is 2.69. The maximum absolute atomic E-state index is 12.0. The number of carbonyl (C=O) groups is 1. The normalized spacial score (nSPS) is 11.4. The monoisotopic (exact) mass is 336 g/mol. The molecule has 1 aromatic rings. The molecule has 0 unspecified atom stereocenters. The van der Waals surface area contributed by atoms with E-state index in [1.807, 2.05) is 6.92 Å². The van der Waals surface area contributed by atoms with Crippen LogP contribution in [0.1, 0.15) is 27.7 Å². The van der Waals surface area contributed by atoms with E-state index in [4.69, 9.17) is 9.47 Å². The molecule has 0 aliphatic carbocycles. The summed E-state index contributed by atoms with van der Waals surface area (Å²) in [5.74, 6) is -0.533. The Bertz CT molecular complexity index is 595. The first-order valence-electron chi connectivity index (χ1n) is 6.35. The number of carbonyl (C=O) groups excluding carboxylic acids is 1. The molecule has 0 aliphatic rings. The van der Waals surface area contributed by atoms with Gasteiger partial charge in [0.15, 0.2) is 0 Å². The summed E-state index contributed by atoms with van der Waals surface area (Å²) in [5.41, 5.74) is 0.976. The Kier molecular flexibility index (Phi) is 6.59. The number of ether oxygens (including phenoxy) is 2. The van der Waals surface area contributed by atoms with E-state index in [1.54, 1.807) is 13.8 Å². The minimum atomic E-state index is -3.76. The standard InChI is InChI=1S/C12H20N2O5S2/c1-5-19-12(15)10-8(2)9(3)20-11(10)14-21(16,17)13-6-7-18-4/h13-14H,5-7H2,1-4H3. The van der Waals surface area contributed by atoms with Gasteiger partial charge in [0, 0.05) is 18.5 Å². The number of hydrogen-bond donors (Lipinski definition) is 2. The van der Waals surface area contributed by atoms with Gasteiger partial charge in [-0.25, -0.2) is 4.79 Å². The van der Waals surface area contributed by atoms with Gasteiger partial charge < -0.3 is 9.47 Å². The van der Waals surface area contributed by atoms with Gasteiger partial charge in [-0.15, -0.1) is 11.3 Å². The molecule has 0 atom stereocenters. The summed E-state index contributed by atoms with van der Waals surface area (Å²) in [6, 6.07) is 0. The van der Waals surface area contributed by atoms with Gasteiger partial charge in [-0.1, -0.05) is 0 Å². The molecule has 1 aromatic heterocycles. The zero-order valence-electron chi connectivity index (χ0n) is 12.5. The van der Waals surface area contributed by atoms with E-state index in [9.17, 15) is 13.2 Å². The number of nitrogens with one attached hydrogen (secondary N) is 2. The molecule has 0 radical (unpaired) electrons. The summed E-state index contributed by atoms with van der Waals surface area (Å²) >= 11 is 1.20. The molecule has 0 amide bonds. The van der Waals surface area contributed by atoms with Crippen molar-refractivity contribution in [2.24, 2.45) is 0 Å². The molecule has 120 valence electrons. The van der Waals surface area contributed by atoms with Crippen molar-refractivity contribution in [1.82, 2.24) is 4.72 Å². The summed E-state index contributed by atoms with van der Waals surface area (Å²) in [6.45, 7) is 5.90. The number of methoxy groups -OCH3 is 1. The van der Waals surface area contributed by atoms with Gasteiger partial charge in [-0.3, -0.25) is 4.72 Å². The number of anilines is 1. The largest absolute Gasteiger partial charge is 0.462 e. The van der Waals surface area contributed by atoms with E-state index in [1.165, 1.54) is 18.4 Å². The lowest BCUT2D eigenvalue weighted by Crippen LogP contribution is -2.32. The van der Waals surface area contributed by atoms with Crippen LogP contribution >= 0.6 is 11.3 Å². The van der Waals surface area contributed by atoms with Gasteiger partial charge in [0.05, 0.1) is 18.8 Å². The van der Waals surface area contributed by atoms with E-state index < -0.39 is 16.2 Å². The molecule has 0 saturated heterocycles. The van der Waals surface area contributed by atoms with Crippen molar-refractivity contribution in [2.75, 3.05) is 31.6 Å². The molecule has 1 rings (SSSR count). The van der Waals surface area contributed by atoms with Crippen LogP contribution in [0.5, 0.6) is 0 Å². The van der Waals surface area contributed by atoms with Gasteiger partial charge in [-0.2, -0.15) is 13.1 Å². The third kappa shape index (κ3) is 4.95. The van der Waals surface area contributed by atoms with E-state index in [0.717, 1.165) is 4.88 Å². The van der Waals surface area contributed by atoms with Crippen LogP contribution < -0.4 is 9.44 Å². The maximum atomic E-state index is 12.0. The van der Waals surface area contributed by atoms with Crippen LogP contribution in [0.3, 0.4) is 0 Å². The van der Waals surface area contributed by atoms with E-state index >= 15 is 0 Å². The molecular weight excluding hydrogens is 316 g/mol. The SMILES string of the molecule is CCOC(=O)c1c(NS(=O)(=O)NCCOC)sc(C)c1C. The van der Waals surface area contributed by atoms with Crippen molar-refractivity contribution in [1.29, 1.82) is 0 Å². The predicted molar refractivity (Wildman–Crippen MR) is 82.2 cm³/mol. The Morgan fingerprint density at radius 1 is 1.33 bits per heavy atom. The zero-order valence-corrected chi connectivity index (χ0v) is 14.1. The first-order valence-corrected chi connectivity index (χ1v) is 8.65. The summed E-state index contributed by atoms with van der Waals surface area (Å²) in [6.07, 6.45) is 0. The Balaban J connectivity index is 2.98. The molecule has 2 N–H and O–H groups in total. The molecule has 7 nitrogen and oxygen atoms in total. The average molecular weight is 336 g/mol. The lowest BCUT2D eigenvalue weighted by molar-refractivity contribution is 0.0527. The summed E-state index contributed by atoms with van der Waals surface area (Å²) in [5, 5.41) is 0.258. The number of aryl methyl sites for hydroxylation is 1. The molecule has 9 heteroatoms. The van der Waals surface area contributed by atoms with E-state index in [2.05, 4.69) is 9.44 Å². The first kappa shape index (κ1) is 17.9. The van der Waals surface area contributed by atoms with Crippen LogP contribution in [0.15, 0.2) is 0 Å². The van der Waals surface area contributed by atoms with Crippen molar-refractivity contribution in [2.45, 2.75) is 20.8 Å². The number of hydrogen-bond acceptors (Lipinski definition) is 6. The summed E-state index contributed by atoms with van der Waals surface area (Å²) in [4.78, 5) is 12.8. The second-order valence-corrected chi connectivity index (χ2v) is 6.92. The highest BCUT2D eigenvalue weighted by Crippen LogP contribution is 2.33. The van der Waals surface area contributed by atoms with Crippen molar-refractivity contribution in [3.63, 3.8) is 0 Å². The maximum Gasteiger partial charge on any atom is 0.341 e.